The Morgan fingerprint density at radius 2 is 1.47 bits per heavy atom. The third-order valence-electron chi connectivity index (χ3n) is 8.96. The van der Waals surface area contributed by atoms with Crippen molar-refractivity contribution in [2.45, 2.75) is 24.9 Å². The molecule has 1 aliphatic carbocycles. The van der Waals surface area contributed by atoms with Gasteiger partial charge >= 0.3 is 17.1 Å². The topological polar surface area (TPSA) is 27.7 Å². The van der Waals surface area contributed by atoms with Gasteiger partial charge in [0.1, 0.15) is 11.6 Å². The maximum absolute atomic E-state index is 14.0. The fourth-order valence-electron chi connectivity index (χ4n) is 6.89. The van der Waals surface area contributed by atoms with E-state index >= 15 is 0 Å². The van der Waals surface area contributed by atoms with Crippen LogP contribution in [0.15, 0.2) is 121 Å². The number of hydrogen-bond donors (Lipinski definition) is 0. The Morgan fingerprint density at radius 3 is 2.09 bits per heavy atom. The Bertz CT molecular complexity index is 1970. The Kier molecular flexibility index (Phi) is 7.94. The van der Waals surface area contributed by atoms with Gasteiger partial charge in [0.2, 0.25) is 0 Å². The van der Waals surface area contributed by atoms with Crippen LogP contribution in [-0.2, 0) is 28.1 Å². The van der Waals surface area contributed by atoms with E-state index in [9.17, 15) is 4.39 Å². The first-order chi connectivity index (χ1) is 21.4. The van der Waals surface area contributed by atoms with Crippen molar-refractivity contribution < 1.29 is 35.7 Å². The minimum atomic E-state index is -0.922. The van der Waals surface area contributed by atoms with E-state index in [0.717, 1.165) is 33.2 Å². The first kappa shape index (κ1) is 30.5. The standard InChI is InChI=1S/C35H28FO3.C5H5.Fe/c1-34(2)28-12-8-7-11-24(28)31-26-19-29(37-3)30(38-4)20-27(26)33-25(32(31)34)17-18-35(39-33,21-9-5-6-10-21)22-13-15-23(36)16-14-22;1-2-4-5-3-1;/h5-20H,1-4H3;1-5H;/q2*-1;+2. The largest absolute Gasteiger partial charge is 2.00 e. The molecule has 0 aromatic heterocycles. The Balaban J connectivity index is 0.000000545. The van der Waals surface area contributed by atoms with Gasteiger partial charge in [-0.3, -0.25) is 0 Å². The van der Waals surface area contributed by atoms with Crippen LogP contribution < -0.4 is 14.2 Å². The maximum atomic E-state index is 14.0. The van der Waals surface area contributed by atoms with E-state index in [1.165, 1.54) is 34.4 Å². The number of hydrogen-bond acceptors (Lipinski definition) is 3. The minimum absolute atomic E-state index is 0. The summed E-state index contributed by atoms with van der Waals surface area (Å²) in [7, 11) is 3.31. The molecule has 0 radical (unpaired) electrons. The van der Waals surface area contributed by atoms with Crippen LogP contribution in [0.4, 0.5) is 4.39 Å². The molecule has 0 amide bonds. The molecular weight excluding hydrogens is 603 g/mol. The molecule has 1 atom stereocenters. The molecule has 6 aromatic carbocycles. The van der Waals surface area contributed by atoms with Crippen molar-refractivity contribution in [3.63, 3.8) is 0 Å². The van der Waals surface area contributed by atoms with Gasteiger partial charge in [-0.05, 0) is 58.0 Å². The van der Waals surface area contributed by atoms with Crippen molar-refractivity contribution in [2.24, 2.45) is 0 Å². The van der Waals surface area contributed by atoms with Crippen molar-refractivity contribution in [3.8, 4) is 28.4 Å². The number of ether oxygens (including phenoxy) is 3. The molecular formula is C40H33FFeO3. The first-order valence-electron chi connectivity index (χ1n) is 14.8. The fourth-order valence-corrected chi connectivity index (χ4v) is 6.89. The Morgan fingerprint density at radius 1 is 0.778 bits per heavy atom. The summed E-state index contributed by atoms with van der Waals surface area (Å²) in [6.07, 6.45) is 4.31. The van der Waals surface area contributed by atoms with E-state index in [0.29, 0.717) is 11.5 Å². The van der Waals surface area contributed by atoms with Gasteiger partial charge in [0.25, 0.3) is 0 Å². The summed E-state index contributed by atoms with van der Waals surface area (Å²) in [6, 6.07) is 37.4. The Hall–Kier alpha value is -4.57. The minimum Gasteiger partial charge on any atom is -0.493 e. The molecule has 1 unspecified atom stereocenters. The SMILES string of the molecule is COc1cc2c3c(c4c(c2cc1OC)-c1ccccc1C4(C)C)C=CC(c1ccc(F)cc1)(c1ccc[cH-]1)O3.[Fe+2].c1cc[cH-]c1. The zero-order valence-corrected chi connectivity index (χ0v) is 26.7. The summed E-state index contributed by atoms with van der Waals surface area (Å²) in [5, 5.41) is 1.99. The summed E-state index contributed by atoms with van der Waals surface area (Å²) in [5.41, 5.74) is 6.64. The van der Waals surface area contributed by atoms with Crippen LogP contribution in [0.1, 0.15) is 41.7 Å². The van der Waals surface area contributed by atoms with Crippen LogP contribution >= 0.6 is 0 Å². The van der Waals surface area contributed by atoms with Crippen LogP contribution in [0.5, 0.6) is 17.2 Å². The molecule has 1 heterocycles. The van der Waals surface area contributed by atoms with E-state index in [2.05, 4.69) is 68.5 Å². The van der Waals surface area contributed by atoms with Crippen molar-refractivity contribution >= 4 is 16.8 Å². The molecule has 2 aliphatic rings. The van der Waals surface area contributed by atoms with Crippen LogP contribution in [0, 0.1) is 5.82 Å². The quantitative estimate of drug-likeness (QED) is 0.142. The molecule has 0 spiro atoms. The third-order valence-corrected chi connectivity index (χ3v) is 8.96. The molecule has 0 saturated carbocycles. The number of fused-ring (bicyclic) bond motifs is 8. The van der Waals surface area contributed by atoms with Crippen molar-refractivity contribution in [1.82, 2.24) is 0 Å². The predicted octanol–water partition coefficient (Wildman–Crippen LogP) is 9.77. The molecule has 226 valence electrons. The molecule has 0 saturated heterocycles. The van der Waals surface area contributed by atoms with E-state index in [1.807, 2.05) is 48.5 Å². The van der Waals surface area contributed by atoms with Crippen molar-refractivity contribution in [3.05, 3.63) is 155 Å². The molecule has 5 heteroatoms. The molecule has 3 nitrogen and oxygen atoms in total. The molecule has 6 aromatic rings. The van der Waals surface area contributed by atoms with E-state index < -0.39 is 5.60 Å². The number of halogens is 1. The van der Waals surface area contributed by atoms with Crippen molar-refractivity contribution in [2.75, 3.05) is 14.2 Å². The monoisotopic (exact) mass is 636 g/mol. The van der Waals surface area contributed by atoms with E-state index in [1.54, 1.807) is 26.4 Å². The number of methoxy groups -OCH3 is 2. The Labute approximate surface area is 274 Å². The van der Waals surface area contributed by atoms with Gasteiger partial charge in [-0.1, -0.05) is 56.3 Å². The van der Waals surface area contributed by atoms with E-state index in [4.69, 9.17) is 14.2 Å². The second-order valence-electron chi connectivity index (χ2n) is 11.7. The normalized spacial score (nSPS) is 16.7. The maximum Gasteiger partial charge on any atom is 2.00 e. The molecule has 0 fully saturated rings. The smallest absolute Gasteiger partial charge is 0.493 e. The zero-order chi connectivity index (χ0) is 30.5. The van der Waals surface area contributed by atoms with Crippen LogP contribution in [0.25, 0.3) is 28.0 Å². The van der Waals surface area contributed by atoms with Gasteiger partial charge in [-0.2, -0.15) is 30.3 Å². The summed E-state index contributed by atoms with van der Waals surface area (Å²) in [4.78, 5) is 0. The predicted molar refractivity (Wildman–Crippen MR) is 176 cm³/mol. The van der Waals surface area contributed by atoms with Gasteiger partial charge < -0.3 is 14.2 Å². The third kappa shape index (κ3) is 4.79. The number of benzene rings is 4. The summed E-state index contributed by atoms with van der Waals surface area (Å²) in [5.74, 6) is 1.80. The van der Waals surface area contributed by atoms with Gasteiger partial charge in [0, 0.05) is 21.9 Å². The summed E-state index contributed by atoms with van der Waals surface area (Å²) >= 11 is 0. The second kappa shape index (κ2) is 11.7. The van der Waals surface area contributed by atoms with Gasteiger partial charge in [-0.25, -0.2) is 28.7 Å². The van der Waals surface area contributed by atoms with Crippen molar-refractivity contribution in [1.29, 1.82) is 0 Å². The molecule has 45 heavy (non-hydrogen) atoms. The molecule has 1 aliphatic heterocycles. The number of rotatable bonds is 4. The van der Waals surface area contributed by atoms with Crippen LogP contribution in [-0.4, -0.2) is 14.2 Å². The van der Waals surface area contributed by atoms with Gasteiger partial charge in [-0.15, -0.1) is 5.56 Å². The second-order valence-corrected chi connectivity index (χ2v) is 11.7. The molecule has 0 N–H and O–H groups in total. The first-order valence-corrected chi connectivity index (χ1v) is 14.8. The van der Waals surface area contributed by atoms with E-state index in [-0.39, 0.29) is 28.3 Å². The van der Waals surface area contributed by atoms with Gasteiger partial charge in [0.15, 0.2) is 17.1 Å². The molecule has 8 rings (SSSR count). The zero-order valence-electron chi connectivity index (χ0n) is 25.6. The van der Waals surface area contributed by atoms with Crippen LogP contribution in [0.3, 0.4) is 0 Å². The average Bonchev–Trinajstić information content (AvgIpc) is 3.85. The summed E-state index contributed by atoms with van der Waals surface area (Å²) < 4.78 is 32.7. The fraction of sp³-hybridized carbons (Fsp3) is 0.150. The van der Waals surface area contributed by atoms with Crippen LogP contribution in [0.2, 0.25) is 0 Å². The average molecular weight is 637 g/mol. The van der Waals surface area contributed by atoms with Gasteiger partial charge in [0.05, 0.1) is 14.2 Å². The summed E-state index contributed by atoms with van der Waals surface area (Å²) in [6.45, 7) is 4.55. The molecule has 0 bridgehead atoms.